The van der Waals surface area contributed by atoms with Crippen molar-refractivity contribution in [3.63, 3.8) is 0 Å². The van der Waals surface area contributed by atoms with Gasteiger partial charge in [-0.15, -0.1) is 0 Å². The van der Waals surface area contributed by atoms with Crippen LogP contribution in [0.2, 0.25) is 0 Å². The fourth-order valence-corrected chi connectivity index (χ4v) is 4.56. The minimum atomic E-state index is -1.52. The Balaban J connectivity index is 2.13. The highest BCUT2D eigenvalue weighted by Crippen LogP contribution is 2.14. The number of rotatable bonds is 16. The van der Waals surface area contributed by atoms with E-state index in [0.717, 1.165) is 5.56 Å². The van der Waals surface area contributed by atoms with Crippen LogP contribution >= 0.6 is 0 Å². The van der Waals surface area contributed by atoms with Gasteiger partial charge in [0.2, 0.25) is 11.8 Å². The van der Waals surface area contributed by atoms with Gasteiger partial charge in [-0.1, -0.05) is 90.1 Å². The number of carbonyl (C=O) groups excluding carboxylic acids is 4. The van der Waals surface area contributed by atoms with Crippen LogP contribution in [0, 0.1) is 17.8 Å². The fraction of sp³-hybridized carbons (Fsp3) is 0.515. The predicted molar refractivity (Wildman–Crippen MR) is 167 cm³/mol. The molecule has 236 valence electrons. The van der Waals surface area contributed by atoms with E-state index in [1.54, 1.807) is 24.3 Å². The number of hydrogen-bond donors (Lipinski definition) is 5. The molecule has 2 aromatic carbocycles. The number of nitrogens with one attached hydrogen (secondary N) is 4. The number of para-hydroxylation sites is 1. The molecule has 0 aliphatic heterocycles. The lowest BCUT2D eigenvalue weighted by Gasteiger charge is -2.29. The number of carbonyl (C=O) groups is 4. The van der Waals surface area contributed by atoms with Gasteiger partial charge in [-0.3, -0.25) is 14.4 Å². The summed E-state index contributed by atoms with van der Waals surface area (Å²) in [5, 5.41) is 21.8. The van der Waals surface area contributed by atoms with Gasteiger partial charge in [0.05, 0.1) is 6.04 Å². The van der Waals surface area contributed by atoms with E-state index in [9.17, 15) is 24.3 Å². The zero-order valence-corrected chi connectivity index (χ0v) is 26.1. The number of hydrogen-bond acceptors (Lipinski definition) is 6. The van der Waals surface area contributed by atoms with E-state index in [2.05, 4.69) is 21.3 Å². The lowest BCUT2D eigenvalue weighted by atomic mass is 9.96. The summed E-state index contributed by atoms with van der Waals surface area (Å²) in [5.74, 6) is -1.52. The highest BCUT2D eigenvalue weighted by atomic mass is 16.5. The van der Waals surface area contributed by atoms with Crippen LogP contribution in [0.1, 0.15) is 66.4 Å². The molecule has 0 bridgehead atoms. The summed E-state index contributed by atoms with van der Waals surface area (Å²) in [6.45, 7) is 11.6. The third kappa shape index (κ3) is 13.3. The first-order valence-corrected chi connectivity index (χ1v) is 15.0. The van der Waals surface area contributed by atoms with Crippen LogP contribution in [0.15, 0.2) is 60.7 Å². The Kier molecular flexibility index (Phi) is 14.7. The second kappa shape index (κ2) is 17.9. The average molecular weight is 597 g/mol. The monoisotopic (exact) mass is 596 g/mol. The van der Waals surface area contributed by atoms with E-state index in [1.165, 1.54) is 0 Å². The minimum Gasteiger partial charge on any atom is -0.445 e. The van der Waals surface area contributed by atoms with Gasteiger partial charge in [-0.05, 0) is 54.7 Å². The molecule has 2 rings (SSSR count). The Hall–Kier alpha value is -3.92. The average Bonchev–Trinajstić information content (AvgIpc) is 2.95. The summed E-state index contributed by atoms with van der Waals surface area (Å²) >= 11 is 0. The highest BCUT2D eigenvalue weighted by molar-refractivity contribution is 5.95. The van der Waals surface area contributed by atoms with Gasteiger partial charge in [0.25, 0.3) is 5.91 Å². The maximum atomic E-state index is 13.5. The van der Waals surface area contributed by atoms with Crippen molar-refractivity contribution in [3.8, 4) is 0 Å². The number of aliphatic hydroxyl groups is 1. The highest BCUT2D eigenvalue weighted by Gasteiger charge is 2.33. The molecule has 2 aromatic rings. The lowest BCUT2D eigenvalue weighted by Crippen LogP contribution is -2.57. The second-order valence-corrected chi connectivity index (χ2v) is 12.1. The molecule has 0 aliphatic rings. The van der Waals surface area contributed by atoms with Gasteiger partial charge >= 0.3 is 6.09 Å². The molecule has 43 heavy (non-hydrogen) atoms. The van der Waals surface area contributed by atoms with E-state index in [-0.39, 0.29) is 24.4 Å². The largest absolute Gasteiger partial charge is 0.445 e. The van der Waals surface area contributed by atoms with Crippen LogP contribution < -0.4 is 21.3 Å². The number of amides is 4. The standard InChI is InChI=1S/C33H48N4O6/c1-21(2)17-26(29(38)32(41)34-25-15-11-8-12-16-25)35-30(39)27(18-22(3)4)36-31(40)28(19-23(5)6)37-33(42)43-20-24-13-9-7-10-14-24/h7-16,21-23,26-29,38H,17-20H2,1-6H3,(H,34,41)(H,35,39)(H,36,40)(H,37,42)/t26-,27-,28-,29-/m0/s1. The number of benzene rings is 2. The van der Waals surface area contributed by atoms with Crippen LogP contribution in [-0.2, 0) is 25.7 Å². The number of anilines is 1. The number of alkyl carbamates (subject to hydrolysis) is 1. The molecule has 10 nitrogen and oxygen atoms in total. The van der Waals surface area contributed by atoms with Crippen molar-refractivity contribution in [1.29, 1.82) is 0 Å². The molecule has 4 atom stereocenters. The van der Waals surface area contributed by atoms with Gasteiger partial charge in [-0.25, -0.2) is 4.79 Å². The third-order valence-electron chi connectivity index (χ3n) is 6.61. The Labute approximate surface area is 255 Å². The van der Waals surface area contributed by atoms with Crippen molar-refractivity contribution >= 4 is 29.5 Å². The minimum absolute atomic E-state index is 0.0400. The lowest BCUT2D eigenvalue weighted by molar-refractivity contribution is -0.133. The molecule has 0 spiro atoms. The maximum absolute atomic E-state index is 13.5. The van der Waals surface area contributed by atoms with Crippen molar-refractivity contribution in [1.82, 2.24) is 16.0 Å². The van der Waals surface area contributed by atoms with E-state index in [4.69, 9.17) is 4.74 Å². The smallest absolute Gasteiger partial charge is 0.408 e. The van der Waals surface area contributed by atoms with E-state index in [0.29, 0.717) is 24.9 Å². The molecule has 0 heterocycles. The molecule has 0 aromatic heterocycles. The first-order chi connectivity index (χ1) is 20.3. The Morgan fingerprint density at radius 1 is 0.651 bits per heavy atom. The third-order valence-corrected chi connectivity index (χ3v) is 6.61. The summed E-state index contributed by atoms with van der Waals surface area (Å²) < 4.78 is 5.31. The Morgan fingerprint density at radius 3 is 1.67 bits per heavy atom. The van der Waals surface area contributed by atoms with Crippen LogP contribution in [0.25, 0.3) is 0 Å². The van der Waals surface area contributed by atoms with Crippen LogP contribution in [-0.4, -0.2) is 53.2 Å². The van der Waals surface area contributed by atoms with Gasteiger partial charge in [0, 0.05) is 5.69 Å². The molecule has 4 amide bonds. The van der Waals surface area contributed by atoms with E-state index in [1.807, 2.05) is 77.9 Å². The summed E-state index contributed by atoms with van der Waals surface area (Å²) in [6, 6.07) is 15.2. The Bertz CT molecular complexity index is 1160. The molecule has 0 radical (unpaired) electrons. The van der Waals surface area contributed by atoms with Crippen molar-refractivity contribution in [2.45, 2.75) is 91.6 Å². The van der Waals surface area contributed by atoms with Gasteiger partial charge in [-0.2, -0.15) is 0 Å². The van der Waals surface area contributed by atoms with Crippen molar-refractivity contribution in [3.05, 3.63) is 66.2 Å². The maximum Gasteiger partial charge on any atom is 0.408 e. The molecular formula is C33H48N4O6. The quantitative estimate of drug-likeness (QED) is 0.194. The summed E-state index contributed by atoms with van der Waals surface area (Å²) in [4.78, 5) is 52.4. The normalized spacial score (nSPS) is 14.0. The van der Waals surface area contributed by atoms with Gasteiger partial charge < -0.3 is 31.1 Å². The SMILES string of the molecule is CC(C)C[C@H](NC(=O)OCc1ccccc1)C(=O)N[C@@H](CC(C)C)C(=O)N[C@@H](CC(C)C)[C@H](O)C(=O)Nc1ccccc1. The summed E-state index contributed by atoms with van der Waals surface area (Å²) in [6.07, 6.45) is -1.28. The Morgan fingerprint density at radius 2 is 1.14 bits per heavy atom. The first-order valence-electron chi connectivity index (χ1n) is 15.0. The van der Waals surface area contributed by atoms with Gasteiger partial charge in [0.1, 0.15) is 18.7 Å². The molecule has 0 fully saturated rings. The summed E-state index contributed by atoms with van der Waals surface area (Å²) in [5.41, 5.74) is 1.34. The van der Waals surface area contributed by atoms with Crippen molar-refractivity contribution < 1.29 is 29.0 Å². The number of ether oxygens (including phenoxy) is 1. The van der Waals surface area contributed by atoms with E-state index < -0.39 is 48.0 Å². The second-order valence-electron chi connectivity index (χ2n) is 12.1. The fourth-order valence-electron chi connectivity index (χ4n) is 4.56. The van der Waals surface area contributed by atoms with Crippen LogP contribution in [0.3, 0.4) is 0 Å². The van der Waals surface area contributed by atoms with Crippen LogP contribution in [0.5, 0.6) is 0 Å². The molecule has 0 saturated heterocycles. The van der Waals surface area contributed by atoms with Crippen molar-refractivity contribution in [2.24, 2.45) is 17.8 Å². The first kappa shape index (κ1) is 35.3. The zero-order valence-electron chi connectivity index (χ0n) is 26.1. The molecular weight excluding hydrogens is 548 g/mol. The molecule has 0 aliphatic carbocycles. The molecule has 0 unspecified atom stereocenters. The van der Waals surface area contributed by atoms with Crippen LogP contribution in [0.4, 0.5) is 10.5 Å². The molecule has 0 saturated carbocycles. The topological polar surface area (TPSA) is 146 Å². The van der Waals surface area contributed by atoms with Crippen molar-refractivity contribution in [2.75, 3.05) is 5.32 Å². The zero-order chi connectivity index (χ0) is 31.9. The van der Waals surface area contributed by atoms with Gasteiger partial charge in [0.15, 0.2) is 6.10 Å². The number of aliphatic hydroxyl groups excluding tert-OH is 1. The van der Waals surface area contributed by atoms with E-state index >= 15 is 0 Å². The molecule has 5 N–H and O–H groups in total. The summed E-state index contributed by atoms with van der Waals surface area (Å²) in [7, 11) is 0. The molecule has 10 heteroatoms. The predicted octanol–water partition coefficient (Wildman–Crippen LogP) is 4.39.